The van der Waals surface area contributed by atoms with Gasteiger partial charge in [-0.15, -0.1) is 0 Å². The maximum Gasteiger partial charge on any atom is 0.262 e. The molecule has 0 fully saturated rings. The fraction of sp³-hybridized carbons (Fsp3) is 0.148. The third-order valence-corrected chi connectivity index (χ3v) is 5.52. The number of rotatable bonds is 6. The van der Waals surface area contributed by atoms with Crippen LogP contribution in [0.4, 0.5) is 4.39 Å². The molecule has 0 spiro atoms. The average Bonchev–Trinajstić information content (AvgIpc) is 2.82. The topological polar surface area (TPSA) is 70.6 Å². The van der Waals surface area contributed by atoms with Gasteiger partial charge in [-0.25, -0.2) is 9.82 Å². The van der Waals surface area contributed by atoms with Crippen LogP contribution in [0.2, 0.25) is 0 Å². The quantitative estimate of drug-likeness (QED) is 0.250. The van der Waals surface area contributed by atoms with Crippen LogP contribution in [-0.2, 0) is 4.79 Å². The summed E-state index contributed by atoms with van der Waals surface area (Å²) in [7, 11) is 0. The highest BCUT2D eigenvalue weighted by molar-refractivity contribution is 6.13. The Kier molecular flexibility index (Phi) is 6.45. The van der Waals surface area contributed by atoms with Crippen LogP contribution in [0.5, 0.6) is 0 Å². The molecule has 5 nitrogen and oxygen atoms in total. The average molecular weight is 442 g/mol. The lowest BCUT2D eigenvalue weighted by Gasteiger charge is -2.20. The maximum absolute atomic E-state index is 13.1. The molecule has 0 aliphatic heterocycles. The van der Waals surface area contributed by atoms with Crippen molar-refractivity contribution in [2.45, 2.75) is 19.9 Å². The van der Waals surface area contributed by atoms with Crippen LogP contribution in [0.1, 0.15) is 29.8 Å². The molecule has 1 atom stereocenters. The minimum Gasteiger partial charge on any atom is -0.340 e. The molecule has 33 heavy (non-hydrogen) atoms. The predicted molar refractivity (Wildman–Crippen MR) is 130 cm³/mol. The molecule has 0 saturated heterocycles. The van der Waals surface area contributed by atoms with E-state index in [4.69, 9.17) is 0 Å². The molecule has 0 heterocycles. The number of fused-ring (bicyclic) bond motifs is 2. The fourth-order valence-corrected chi connectivity index (χ4v) is 3.78. The van der Waals surface area contributed by atoms with E-state index in [2.05, 4.69) is 21.9 Å². The first-order valence-corrected chi connectivity index (χ1v) is 10.7. The van der Waals surface area contributed by atoms with E-state index in [0.29, 0.717) is 0 Å². The lowest BCUT2D eigenvalue weighted by atomic mass is 9.97. The van der Waals surface area contributed by atoms with E-state index >= 15 is 0 Å². The van der Waals surface area contributed by atoms with Crippen molar-refractivity contribution in [2.75, 3.05) is 0 Å². The van der Waals surface area contributed by atoms with Gasteiger partial charge in [0.2, 0.25) is 0 Å². The summed E-state index contributed by atoms with van der Waals surface area (Å²) in [4.78, 5) is 25.3. The van der Waals surface area contributed by atoms with E-state index in [-0.39, 0.29) is 11.5 Å². The lowest BCUT2D eigenvalue weighted by molar-refractivity contribution is -0.123. The van der Waals surface area contributed by atoms with Gasteiger partial charge in [-0.05, 0) is 57.8 Å². The highest BCUT2D eigenvalue weighted by Crippen LogP contribution is 2.27. The van der Waals surface area contributed by atoms with Gasteiger partial charge < -0.3 is 5.32 Å². The van der Waals surface area contributed by atoms with Crippen LogP contribution in [0.3, 0.4) is 0 Å². The number of hydrazone groups is 1. The molecule has 4 rings (SSSR count). The van der Waals surface area contributed by atoms with Crippen molar-refractivity contribution in [3.05, 3.63) is 95.8 Å². The second kappa shape index (κ2) is 9.61. The van der Waals surface area contributed by atoms with Gasteiger partial charge in [0.05, 0.1) is 6.21 Å². The van der Waals surface area contributed by atoms with E-state index in [1.54, 1.807) is 6.21 Å². The fourth-order valence-electron chi connectivity index (χ4n) is 3.78. The van der Waals surface area contributed by atoms with Crippen molar-refractivity contribution in [1.82, 2.24) is 10.7 Å². The van der Waals surface area contributed by atoms with Crippen LogP contribution < -0.4 is 10.7 Å². The Morgan fingerprint density at radius 1 is 0.879 bits per heavy atom. The summed E-state index contributed by atoms with van der Waals surface area (Å²) in [5.41, 5.74) is 3.75. The molecule has 0 aliphatic carbocycles. The first-order valence-electron chi connectivity index (χ1n) is 10.7. The maximum atomic E-state index is 13.1. The van der Waals surface area contributed by atoms with Gasteiger partial charge in [0.25, 0.3) is 11.8 Å². The number of nitrogens with one attached hydrogen (secondary N) is 2. The molecule has 166 valence electrons. The summed E-state index contributed by atoms with van der Waals surface area (Å²) in [6, 6.07) is 22.5. The zero-order chi connectivity index (χ0) is 23.4. The van der Waals surface area contributed by atoms with Crippen LogP contribution >= 0.6 is 0 Å². The number of nitrogens with zero attached hydrogens (tertiary/aromatic N) is 1. The Hall–Kier alpha value is -4.06. The highest BCUT2D eigenvalue weighted by atomic mass is 19.1. The zero-order valence-corrected chi connectivity index (χ0v) is 18.4. The SMILES string of the molecule is CC(C)C(NC(=O)c1ccc(F)cc1)C(=O)NN=Cc1c2ccccc2cc2ccccc12. The van der Waals surface area contributed by atoms with Gasteiger partial charge in [0.15, 0.2) is 0 Å². The van der Waals surface area contributed by atoms with Gasteiger partial charge in [-0.2, -0.15) is 5.10 Å². The first kappa shape index (κ1) is 22.1. The molecule has 4 aromatic carbocycles. The molecule has 6 heteroatoms. The molecular weight excluding hydrogens is 417 g/mol. The molecule has 4 aromatic rings. The third-order valence-electron chi connectivity index (χ3n) is 5.52. The third kappa shape index (κ3) is 4.90. The Morgan fingerprint density at radius 3 is 2.03 bits per heavy atom. The number of hydrogen-bond donors (Lipinski definition) is 2. The summed E-state index contributed by atoms with van der Waals surface area (Å²) in [5, 5.41) is 11.1. The largest absolute Gasteiger partial charge is 0.340 e. The second-order valence-corrected chi connectivity index (χ2v) is 8.17. The highest BCUT2D eigenvalue weighted by Gasteiger charge is 2.24. The summed E-state index contributed by atoms with van der Waals surface area (Å²) >= 11 is 0. The Balaban J connectivity index is 1.55. The van der Waals surface area contributed by atoms with Crippen molar-refractivity contribution in [3.63, 3.8) is 0 Å². The summed E-state index contributed by atoms with van der Waals surface area (Å²) in [6.45, 7) is 3.66. The molecule has 0 aromatic heterocycles. The first-order chi connectivity index (χ1) is 15.9. The number of carbonyl (C=O) groups is 2. The van der Waals surface area contributed by atoms with Crippen molar-refractivity contribution in [1.29, 1.82) is 0 Å². The molecule has 0 radical (unpaired) electrons. The number of halogens is 1. The Bertz CT molecular complexity index is 1290. The molecule has 1 unspecified atom stereocenters. The predicted octanol–water partition coefficient (Wildman–Crippen LogP) is 5.04. The van der Waals surface area contributed by atoms with Gasteiger partial charge >= 0.3 is 0 Å². The Morgan fingerprint density at radius 2 is 1.45 bits per heavy atom. The van der Waals surface area contributed by atoms with E-state index in [0.717, 1.165) is 27.1 Å². The van der Waals surface area contributed by atoms with Gasteiger partial charge in [-0.1, -0.05) is 62.4 Å². The van der Waals surface area contributed by atoms with Crippen molar-refractivity contribution in [3.8, 4) is 0 Å². The molecular formula is C27H24FN3O2. The van der Waals surface area contributed by atoms with Crippen LogP contribution in [-0.4, -0.2) is 24.1 Å². The summed E-state index contributed by atoms with van der Waals surface area (Å²) in [5.74, 6) is -1.49. The minimum atomic E-state index is -0.802. The van der Waals surface area contributed by atoms with Gasteiger partial charge in [0.1, 0.15) is 11.9 Å². The van der Waals surface area contributed by atoms with E-state index in [1.807, 2.05) is 62.4 Å². The van der Waals surface area contributed by atoms with Crippen LogP contribution in [0.25, 0.3) is 21.5 Å². The Labute approximate surface area is 191 Å². The number of amides is 2. The minimum absolute atomic E-state index is 0.178. The second-order valence-electron chi connectivity index (χ2n) is 8.17. The lowest BCUT2D eigenvalue weighted by Crippen LogP contribution is -2.48. The zero-order valence-electron chi connectivity index (χ0n) is 18.4. The summed E-state index contributed by atoms with van der Waals surface area (Å²) < 4.78 is 13.1. The van der Waals surface area contributed by atoms with E-state index < -0.39 is 23.7 Å². The van der Waals surface area contributed by atoms with Crippen LogP contribution in [0.15, 0.2) is 84.0 Å². The van der Waals surface area contributed by atoms with Crippen molar-refractivity contribution >= 4 is 39.6 Å². The van der Waals surface area contributed by atoms with Crippen molar-refractivity contribution < 1.29 is 14.0 Å². The molecule has 2 N–H and O–H groups in total. The molecule has 0 bridgehead atoms. The standard InChI is InChI=1S/C27H24FN3O2/c1-17(2)25(30-26(32)18-11-13-21(28)14-12-18)27(33)31-29-16-24-22-9-5-3-7-19(22)15-20-8-4-6-10-23(20)24/h3-17,25H,1-2H3,(H,30,32)(H,31,33). The number of hydrogen-bond acceptors (Lipinski definition) is 3. The molecule has 0 aliphatic rings. The van der Waals surface area contributed by atoms with E-state index in [9.17, 15) is 14.0 Å². The number of benzene rings is 4. The normalized spacial score (nSPS) is 12.4. The van der Waals surface area contributed by atoms with Crippen molar-refractivity contribution in [2.24, 2.45) is 11.0 Å². The monoisotopic (exact) mass is 441 g/mol. The smallest absolute Gasteiger partial charge is 0.262 e. The van der Waals surface area contributed by atoms with Gasteiger partial charge in [-0.3, -0.25) is 9.59 Å². The molecule has 2 amide bonds. The summed E-state index contributed by atoms with van der Waals surface area (Å²) in [6.07, 6.45) is 1.64. The molecule has 0 saturated carbocycles. The van der Waals surface area contributed by atoms with Gasteiger partial charge in [0, 0.05) is 11.1 Å². The van der Waals surface area contributed by atoms with Crippen LogP contribution in [0, 0.1) is 11.7 Å². The number of carbonyl (C=O) groups excluding carboxylic acids is 2. The van der Waals surface area contributed by atoms with E-state index in [1.165, 1.54) is 24.3 Å².